The van der Waals surface area contributed by atoms with Gasteiger partial charge in [0.2, 0.25) is 0 Å². The third-order valence-corrected chi connectivity index (χ3v) is 13.8. The molecule has 0 N–H and O–H groups in total. The SMILES string of the molecule is c1ccc2c(c1)Oc1ccccc1N2c1ccc2c(-c3cccc4ccccc34)c3cc(N4c5ccccc5Oc5ccccc54)ccc3c(-c3ccccc3-c3ccc4ccccc4c3)c2c1. The van der Waals surface area contributed by atoms with Gasteiger partial charge in [0.15, 0.2) is 23.0 Å². The molecule has 0 fully saturated rings. The number of nitrogens with zero attached hydrogens (tertiary/aromatic N) is 2. The van der Waals surface area contributed by atoms with Gasteiger partial charge in [0, 0.05) is 11.4 Å². The molecule has 14 rings (SSSR count). The number of anilines is 6. The molecular formula is C64H40N2O2. The third kappa shape index (κ3) is 5.94. The van der Waals surface area contributed by atoms with Crippen molar-refractivity contribution in [3.63, 3.8) is 0 Å². The summed E-state index contributed by atoms with van der Waals surface area (Å²) in [5.74, 6) is 3.29. The first-order chi connectivity index (χ1) is 33.7. The van der Waals surface area contributed by atoms with E-state index in [0.29, 0.717) is 0 Å². The van der Waals surface area contributed by atoms with Crippen molar-refractivity contribution in [3.8, 4) is 56.4 Å². The zero-order valence-electron chi connectivity index (χ0n) is 36.8. The fourth-order valence-corrected chi connectivity index (χ4v) is 10.8. The van der Waals surface area contributed by atoms with Crippen LogP contribution >= 0.6 is 0 Å². The van der Waals surface area contributed by atoms with E-state index in [-0.39, 0.29) is 0 Å². The first-order valence-electron chi connectivity index (χ1n) is 23.2. The lowest BCUT2D eigenvalue weighted by atomic mass is 9.82. The Bertz CT molecular complexity index is 3930. The van der Waals surface area contributed by atoms with E-state index in [0.717, 1.165) is 84.2 Å². The summed E-state index contributed by atoms with van der Waals surface area (Å²) in [6.07, 6.45) is 0. The van der Waals surface area contributed by atoms with Crippen LogP contribution in [0, 0.1) is 0 Å². The van der Waals surface area contributed by atoms with Gasteiger partial charge in [0.1, 0.15) is 0 Å². The minimum atomic E-state index is 0.821. The molecule has 12 aromatic carbocycles. The average Bonchev–Trinajstić information content (AvgIpc) is 3.40. The minimum Gasteiger partial charge on any atom is -0.453 e. The molecule has 0 saturated heterocycles. The van der Waals surface area contributed by atoms with Gasteiger partial charge in [-0.25, -0.2) is 0 Å². The molecule has 0 radical (unpaired) electrons. The van der Waals surface area contributed by atoms with Gasteiger partial charge in [-0.15, -0.1) is 0 Å². The maximum absolute atomic E-state index is 6.53. The fraction of sp³-hybridized carbons (Fsp3) is 0. The quantitative estimate of drug-likeness (QED) is 0.161. The van der Waals surface area contributed by atoms with Gasteiger partial charge in [-0.05, 0) is 155 Å². The van der Waals surface area contributed by atoms with Crippen LogP contribution in [-0.2, 0) is 0 Å². The summed E-state index contributed by atoms with van der Waals surface area (Å²) in [7, 11) is 0. The summed E-state index contributed by atoms with van der Waals surface area (Å²) in [6, 6.07) is 87.4. The lowest BCUT2D eigenvalue weighted by Gasteiger charge is -2.33. The monoisotopic (exact) mass is 868 g/mol. The van der Waals surface area contributed by atoms with Gasteiger partial charge in [0.05, 0.1) is 22.7 Å². The predicted octanol–water partition coefficient (Wildman–Crippen LogP) is 18.5. The van der Waals surface area contributed by atoms with Gasteiger partial charge in [0.25, 0.3) is 0 Å². The molecule has 4 nitrogen and oxygen atoms in total. The van der Waals surface area contributed by atoms with Crippen molar-refractivity contribution in [3.05, 3.63) is 243 Å². The Morgan fingerprint density at radius 2 is 0.676 bits per heavy atom. The van der Waals surface area contributed by atoms with E-state index < -0.39 is 0 Å². The van der Waals surface area contributed by atoms with Crippen LogP contribution < -0.4 is 19.3 Å². The van der Waals surface area contributed by atoms with Gasteiger partial charge >= 0.3 is 0 Å². The number of rotatable bonds is 5. The zero-order valence-corrected chi connectivity index (χ0v) is 36.8. The van der Waals surface area contributed by atoms with Crippen molar-refractivity contribution < 1.29 is 9.47 Å². The number of benzene rings is 12. The molecule has 0 bridgehead atoms. The van der Waals surface area contributed by atoms with Crippen molar-refractivity contribution in [2.45, 2.75) is 0 Å². The standard InChI is InChI=1S/C64H40N2O2/c1-2-18-43-38-44(33-32-41(43)16-1)48-21-5-6-22-49(48)63-51-36-34-46(66-57-26-9-13-30-61(57)68-62-31-14-10-27-58(62)66)40-54(51)64(50-23-15-19-42-17-3-4-20-47(42)50)52-37-35-45(39-53(52)63)65-55-24-7-11-28-59(55)67-60-29-12-8-25-56(60)65/h1-40H. The van der Waals surface area contributed by atoms with E-state index >= 15 is 0 Å². The lowest BCUT2D eigenvalue weighted by Crippen LogP contribution is -2.16. The second-order valence-electron chi connectivity index (χ2n) is 17.6. The molecule has 0 unspecified atom stereocenters. The largest absolute Gasteiger partial charge is 0.453 e. The first-order valence-corrected chi connectivity index (χ1v) is 23.2. The molecule has 0 aromatic heterocycles. The summed E-state index contributed by atoms with van der Waals surface area (Å²) < 4.78 is 13.1. The highest BCUT2D eigenvalue weighted by molar-refractivity contribution is 6.25. The van der Waals surface area contributed by atoms with Crippen molar-refractivity contribution >= 4 is 77.2 Å². The van der Waals surface area contributed by atoms with E-state index in [9.17, 15) is 0 Å². The fourth-order valence-electron chi connectivity index (χ4n) is 10.8. The van der Waals surface area contributed by atoms with E-state index in [1.807, 2.05) is 24.3 Å². The van der Waals surface area contributed by atoms with Gasteiger partial charge < -0.3 is 19.3 Å². The minimum absolute atomic E-state index is 0.821. The topological polar surface area (TPSA) is 24.9 Å². The normalized spacial score (nSPS) is 12.6. The molecule has 2 aliphatic rings. The summed E-state index contributed by atoms with van der Waals surface area (Å²) in [5.41, 5.74) is 13.1. The van der Waals surface area contributed by atoms with Crippen LogP contribution in [0.4, 0.5) is 34.1 Å². The van der Waals surface area contributed by atoms with E-state index in [1.54, 1.807) is 0 Å². The van der Waals surface area contributed by atoms with Gasteiger partial charge in [-0.3, -0.25) is 0 Å². The highest BCUT2D eigenvalue weighted by Gasteiger charge is 2.29. The first kappa shape index (κ1) is 38.2. The molecule has 0 amide bonds. The highest BCUT2D eigenvalue weighted by Crippen LogP contribution is 2.55. The molecule has 68 heavy (non-hydrogen) atoms. The lowest BCUT2D eigenvalue weighted by molar-refractivity contribution is 0.477. The summed E-state index contributed by atoms with van der Waals surface area (Å²) in [4.78, 5) is 4.70. The molecule has 2 heterocycles. The second-order valence-corrected chi connectivity index (χ2v) is 17.6. The Morgan fingerprint density at radius 3 is 1.25 bits per heavy atom. The number of ether oxygens (including phenoxy) is 2. The highest BCUT2D eigenvalue weighted by atomic mass is 16.5. The van der Waals surface area contributed by atoms with Crippen molar-refractivity contribution in [2.24, 2.45) is 0 Å². The Kier molecular flexibility index (Phi) is 8.55. The average molecular weight is 869 g/mol. The van der Waals surface area contributed by atoms with Crippen LogP contribution in [0.2, 0.25) is 0 Å². The second kappa shape index (κ2) is 15.2. The Labute approximate surface area is 393 Å². The van der Waals surface area contributed by atoms with Crippen LogP contribution in [0.25, 0.3) is 76.5 Å². The molecule has 12 aromatic rings. The van der Waals surface area contributed by atoms with Gasteiger partial charge in [-0.1, -0.05) is 164 Å². The van der Waals surface area contributed by atoms with Crippen molar-refractivity contribution in [1.82, 2.24) is 0 Å². The summed E-state index contributed by atoms with van der Waals surface area (Å²) in [6.45, 7) is 0. The third-order valence-electron chi connectivity index (χ3n) is 13.8. The predicted molar refractivity (Wildman–Crippen MR) is 282 cm³/mol. The number of hydrogen-bond donors (Lipinski definition) is 0. The molecule has 0 aliphatic carbocycles. The molecule has 2 aliphatic heterocycles. The Morgan fingerprint density at radius 1 is 0.250 bits per heavy atom. The molecule has 318 valence electrons. The van der Waals surface area contributed by atoms with E-state index in [2.05, 4.69) is 228 Å². The Hall–Kier alpha value is -9.12. The maximum Gasteiger partial charge on any atom is 0.151 e. The van der Waals surface area contributed by atoms with Crippen LogP contribution in [0.1, 0.15) is 0 Å². The molecule has 0 atom stereocenters. The number of hydrogen-bond acceptors (Lipinski definition) is 4. The van der Waals surface area contributed by atoms with Gasteiger partial charge in [-0.2, -0.15) is 0 Å². The smallest absolute Gasteiger partial charge is 0.151 e. The van der Waals surface area contributed by atoms with Crippen LogP contribution in [-0.4, -0.2) is 0 Å². The molecule has 4 heteroatoms. The van der Waals surface area contributed by atoms with Crippen LogP contribution in [0.3, 0.4) is 0 Å². The molecule has 0 saturated carbocycles. The van der Waals surface area contributed by atoms with Crippen molar-refractivity contribution in [2.75, 3.05) is 9.80 Å². The van der Waals surface area contributed by atoms with Crippen molar-refractivity contribution in [1.29, 1.82) is 0 Å². The zero-order chi connectivity index (χ0) is 44.7. The Balaban J connectivity index is 1.12. The number of para-hydroxylation sites is 8. The number of fused-ring (bicyclic) bond motifs is 8. The van der Waals surface area contributed by atoms with Crippen LogP contribution in [0.15, 0.2) is 243 Å². The molecular weight excluding hydrogens is 829 g/mol. The van der Waals surface area contributed by atoms with Crippen LogP contribution in [0.5, 0.6) is 23.0 Å². The summed E-state index contributed by atoms with van der Waals surface area (Å²) >= 11 is 0. The van der Waals surface area contributed by atoms with E-state index in [1.165, 1.54) is 49.4 Å². The molecule has 0 spiro atoms. The van der Waals surface area contributed by atoms with E-state index in [4.69, 9.17) is 9.47 Å². The summed E-state index contributed by atoms with van der Waals surface area (Å²) in [5, 5.41) is 9.47. The maximum atomic E-state index is 6.53.